The van der Waals surface area contributed by atoms with E-state index in [-0.39, 0.29) is 6.42 Å². The Kier molecular flexibility index (Phi) is 2.82. The van der Waals surface area contributed by atoms with Gasteiger partial charge in [0.15, 0.2) is 0 Å². The zero-order chi connectivity index (χ0) is 11.6. The van der Waals surface area contributed by atoms with E-state index in [1.54, 1.807) is 18.2 Å². The van der Waals surface area contributed by atoms with Crippen molar-refractivity contribution in [1.82, 2.24) is 0 Å². The van der Waals surface area contributed by atoms with Gasteiger partial charge in [-0.3, -0.25) is 0 Å². The lowest BCUT2D eigenvalue weighted by atomic mass is 10.0. The third-order valence-corrected chi connectivity index (χ3v) is 2.61. The van der Waals surface area contributed by atoms with Crippen LogP contribution in [0.3, 0.4) is 0 Å². The molecular weight excluding hydrogens is 203 g/mol. The third kappa shape index (κ3) is 2.51. The van der Waals surface area contributed by atoms with Crippen molar-refractivity contribution >= 4 is 0 Å². The molecule has 0 radical (unpaired) electrons. The van der Waals surface area contributed by atoms with Crippen LogP contribution in [0.2, 0.25) is 0 Å². The summed E-state index contributed by atoms with van der Waals surface area (Å²) in [6.07, 6.45) is 5.33. The highest BCUT2D eigenvalue weighted by molar-refractivity contribution is 5.30. The summed E-state index contributed by atoms with van der Waals surface area (Å²) in [4.78, 5) is 0. The molecular formula is C14H15FO. The van der Waals surface area contributed by atoms with Gasteiger partial charge in [-0.2, -0.15) is 4.39 Å². The van der Waals surface area contributed by atoms with Gasteiger partial charge in [-0.05, 0) is 32.1 Å². The minimum absolute atomic E-state index is 0.267. The summed E-state index contributed by atoms with van der Waals surface area (Å²) in [5.74, 6) is -1.14. The Balaban J connectivity index is 2.10. The number of rotatable bonds is 2. The molecule has 0 amide bonds. The van der Waals surface area contributed by atoms with E-state index >= 15 is 0 Å². The van der Waals surface area contributed by atoms with Gasteiger partial charge in [-0.1, -0.05) is 35.4 Å². The zero-order valence-corrected chi connectivity index (χ0v) is 9.53. The molecule has 0 aromatic heterocycles. The first kappa shape index (κ1) is 10.9. The number of hydrogen-bond donors (Lipinski definition) is 0. The fraction of sp³-hybridized carbons (Fsp3) is 0.286. The van der Waals surface area contributed by atoms with Crippen LogP contribution in [-0.4, -0.2) is 5.85 Å². The quantitative estimate of drug-likeness (QED) is 0.730. The second-order valence-electron chi connectivity index (χ2n) is 4.19. The summed E-state index contributed by atoms with van der Waals surface area (Å²) in [6.45, 7) is 3.93. The van der Waals surface area contributed by atoms with E-state index in [9.17, 15) is 4.39 Å². The maximum atomic E-state index is 14.2. The van der Waals surface area contributed by atoms with Crippen LogP contribution < -0.4 is 4.74 Å². The summed E-state index contributed by atoms with van der Waals surface area (Å²) >= 11 is 0. The Bertz CT molecular complexity index is 431. The Hall–Kier alpha value is -1.57. The van der Waals surface area contributed by atoms with Crippen LogP contribution in [0.4, 0.5) is 4.39 Å². The lowest BCUT2D eigenvalue weighted by Gasteiger charge is -2.24. The molecule has 1 aliphatic rings. The predicted octanol–water partition coefficient (Wildman–Crippen LogP) is 3.95. The summed E-state index contributed by atoms with van der Waals surface area (Å²) in [5, 5.41) is 0. The molecule has 0 fully saturated rings. The highest BCUT2D eigenvalue weighted by Crippen LogP contribution is 2.28. The topological polar surface area (TPSA) is 9.23 Å². The maximum absolute atomic E-state index is 14.2. The van der Waals surface area contributed by atoms with Crippen LogP contribution in [0.25, 0.3) is 0 Å². The standard InChI is InChI=1S/C14H15FO/c1-11-3-5-13(6-4-11)16-14(15)9-7-12(2)8-10-14/h3-9H,10H2,1-2H3. The number of ether oxygens (including phenoxy) is 1. The van der Waals surface area contributed by atoms with Crippen LogP contribution in [0.5, 0.6) is 5.75 Å². The molecule has 1 aromatic carbocycles. The molecule has 1 nitrogen and oxygen atoms in total. The average Bonchev–Trinajstić information content (AvgIpc) is 2.27. The molecule has 0 heterocycles. The maximum Gasteiger partial charge on any atom is 0.271 e. The van der Waals surface area contributed by atoms with E-state index in [0.717, 1.165) is 11.1 Å². The van der Waals surface area contributed by atoms with Gasteiger partial charge in [-0.15, -0.1) is 0 Å². The van der Waals surface area contributed by atoms with Crippen molar-refractivity contribution in [2.45, 2.75) is 26.1 Å². The smallest absolute Gasteiger partial charge is 0.271 e. The Morgan fingerprint density at radius 2 is 1.88 bits per heavy atom. The molecule has 1 atom stereocenters. The molecule has 1 aliphatic carbocycles. The molecule has 0 saturated heterocycles. The summed E-state index contributed by atoms with van der Waals surface area (Å²) in [5.41, 5.74) is 2.20. The highest BCUT2D eigenvalue weighted by Gasteiger charge is 2.29. The van der Waals surface area contributed by atoms with Gasteiger partial charge in [0.05, 0.1) is 0 Å². The first-order valence-corrected chi connectivity index (χ1v) is 5.38. The van der Waals surface area contributed by atoms with Crippen LogP contribution in [0.15, 0.2) is 48.1 Å². The van der Waals surface area contributed by atoms with Gasteiger partial charge in [0.1, 0.15) is 5.75 Å². The Morgan fingerprint density at radius 1 is 1.19 bits per heavy atom. The van der Waals surface area contributed by atoms with Gasteiger partial charge in [0, 0.05) is 6.42 Å². The van der Waals surface area contributed by atoms with Crippen molar-refractivity contribution in [2.75, 3.05) is 0 Å². The van der Waals surface area contributed by atoms with E-state index in [4.69, 9.17) is 4.74 Å². The molecule has 1 aromatic rings. The SMILES string of the molecule is CC1=CCC(F)(Oc2ccc(C)cc2)C=C1. The van der Waals surface area contributed by atoms with Crippen LogP contribution >= 0.6 is 0 Å². The minimum Gasteiger partial charge on any atom is -0.454 e. The van der Waals surface area contributed by atoms with Crippen molar-refractivity contribution in [3.05, 3.63) is 53.6 Å². The van der Waals surface area contributed by atoms with E-state index in [1.807, 2.05) is 32.1 Å². The zero-order valence-electron chi connectivity index (χ0n) is 9.53. The fourth-order valence-corrected chi connectivity index (χ4v) is 1.57. The Labute approximate surface area is 95.2 Å². The van der Waals surface area contributed by atoms with Crippen molar-refractivity contribution in [3.8, 4) is 5.75 Å². The molecule has 16 heavy (non-hydrogen) atoms. The fourth-order valence-electron chi connectivity index (χ4n) is 1.57. The number of benzene rings is 1. The van der Waals surface area contributed by atoms with Crippen molar-refractivity contribution in [1.29, 1.82) is 0 Å². The lowest BCUT2D eigenvalue weighted by Crippen LogP contribution is -2.28. The van der Waals surface area contributed by atoms with Crippen molar-refractivity contribution in [2.24, 2.45) is 0 Å². The van der Waals surface area contributed by atoms with E-state index in [2.05, 4.69) is 0 Å². The monoisotopic (exact) mass is 218 g/mol. The number of hydrogen-bond acceptors (Lipinski definition) is 1. The normalized spacial score (nSPS) is 24.1. The van der Waals surface area contributed by atoms with E-state index in [0.29, 0.717) is 5.75 Å². The van der Waals surface area contributed by atoms with Gasteiger partial charge < -0.3 is 4.74 Å². The van der Waals surface area contributed by atoms with Crippen LogP contribution in [-0.2, 0) is 0 Å². The first-order valence-electron chi connectivity index (χ1n) is 5.38. The molecule has 0 spiro atoms. The van der Waals surface area contributed by atoms with Crippen molar-refractivity contribution < 1.29 is 9.13 Å². The molecule has 0 bridgehead atoms. The van der Waals surface area contributed by atoms with Crippen LogP contribution in [0.1, 0.15) is 18.9 Å². The predicted molar refractivity (Wildman–Crippen MR) is 63.2 cm³/mol. The van der Waals surface area contributed by atoms with Crippen LogP contribution in [0, 0.1) is 6.92 Å². The summed E-state index contributed by atoms with van der Waals surface area (Å²) in [7, 11) is 0. The molecule has 0 aliphatic heterocycles. The van der Waals surface area contributed by atoms with Gasteiger partial charge in [0.25, 0.3) is 5.85 Å². The lowest BCUT2D eigenvalue weighted by molar-refractivity contribution is -0.0132. The molecule has 2 rings (SSSR count). The number of allylic oxidation sites excluding steroid dienone is 2. The van der Waals surface area contributed by atoms with E-state index < -0.39 is 5.85 Å². The number of aryl methyl sites for hydroxylation is 1. The van der Waals surface area contributed by atoms with Gasteiger partial charge >= 0.3 is 0 Å². The second kappa shape index (κ2) is 4.12. The molecule has 1 unspecified atom stereocenters. The number of alkyl halides is 1. The largest absolute Gasteiger partial charge is 0.454 e. The second-order valence-corrected chi connectivity index (χ2v) is 4.19. The van der Waals surface area contributed by atoms with E-state index in [1.165, 1.54) is 6.08 Å². The van der Waals surface area contributed by atoms with Gasteiger partial charge in [0.2, 0.25) is 0 Å². The summed E-state index contributed by atoms with van der Waals surface area (Å²) < 4.78 is 19.5. The third-order valence-electron chi connectivity index (χ3n) is 2.61. The molecule has 0 N–H and O–H groups in total. The van der Waals surface area contributed by atoms with Crippen molar-refractivity contribution in [3.63, 3.8) is 0 Å². The molecule has 0 saturated carbocycles. The molecule has 2 heteroatoms. The molecule has 84 valence electrons. The summed E-state index contributed by atoms with van der Waals surface area (Å²) in [6, 6.07) is 7.39. The highest BCUT2D eigenvalue weighted by atomic mass is 19.2. The minimum atomic E-state index is -1.70. The van der Waals surface area contributed by atoms with Gasteiger partial charge in [-0.25, -0.2) is 0 Å². The number of halogens is 1. The first-order chi connectivity index (χ1) is 7.57. The average molecular weight is 218 g/mol. The Morgan fingerprint density at radius 3 is 2.44 bits per heavy atom.